The number of nitrogens with one attached hydrogen (secondary N) is 1. The topological polar surface area (TPSA) is 29.1 Å². The minimum atomic E-state index is -0.264. The average Bonchev–Trinajstić information content (AvgIpc) is 3.08. The van der Waals surface area contributed by atoms with Crippen LogP contribution in [0.2, 0.25) is 5.02 Å². The van der Waals surface area contributed by atoms with Crippen molar-refractivity contribution in [2.45, 2.75) is 31.6 Å². The van der Waals surface area contributed by atoms with Crippen LogP contribution in [0.25, 0.3) is 0 Å². The summed E-state index contributed by atoms with van der Waals surface area (Å²) in [4.78, 5) is 12.0. The van der Waals surface area contributed by atoms with E-state index >= 15 is 0 Å². The van der Waals surface area contributed by atoms with Crippen LogP contribution in [-0.2, 0) is 10.2 Å². The van der Waals surface area contributed by atoms with E-state index in [4.69, 9.17) is 11.6 Å². The molecular formula is C13H16ClNO. The maximum Gasteiger partial charge on any atom is 0.230 e. The molecule has 0 radical (unpaired) electrons. The highest BCUT2D eigenvalue weighted by Gasteiger charge is 2.50. The van der Waals surface area contributed by atoms with E-state index < -0.39 is 0 Å². The Hall–Kier alpha value is -1.02. The molecule has 1 saturated carbocycles. The summed E-state index contributed by atoms with van der Waals surface area (Å²) in [5.74, 6) is 0.164. The summed E-state index contributed by atoms with van der Waals surface area (Å²) in [5, 5.41) is 3.69. The van der Waals surface area contributed by atoms with Crippen molar-refractivity contribution >= 4 is 17.5 Å². The lowest BCUT2D eigenvalue weighted by molar-refractivity contribution is -0.123. The molecule has 86 valence electrons. The molecule has 0 spiro atoms. The second-order valence-electron chi connectivity index (χ2n) is 4.34. The monoisotopic (exact) mass is 237 g/mol. The number of amides is 1. The van der Waals surface area contributed by atoms with Crippen LogP contribution in [-0.4, -0.2) is 12.5 Å². The lowest BCUT2D eigenvalue weighted by Crippen LogP contribution is -2.35. The highest BCUT2D eigenvalue weighted by Crippen LogP contribution is 2.48. The molecule has 0 atom stereocenters. The first-order chi connectivity index (χ1) is 7.69. The molecule has 1 amide bonds. The summed E-state index contributed by atoms with van der Waals surface area (Å²) in [6.07, 6.45) is 2.87. The molecule has 0 aliphatic heterocycles. The van der Waals surface area contributed by atoms with Crippen molar-refractivity contribution in [2.24, 2.45) is 0 Å². The number of hydrogen-bond donors (Lipinski definition) is 1. The molecule has 1 aliphatic carbocycles. The Morgan fingerprint density at radius 2 is 2.00 bits per heavy atom. The van der Waals surface area contributed by atoms with Crippen molar-refractivity contribution in [2.75, 3.05) is 6.54 Å². The van der Waals surface area contributed by atoms with Crippen LogP contribution in [0.4, 0.5) is 0 Å². The molecule has 0 heterocycles. The molecule has 0 saturated heterocycles. The fourth-order valence-corrected chi connectivity index (χ4v) is 2.07. The van der Waals surface area contributed by atoms with Gasteiger partial charge >= 0.3 is 0 Å². The second kappa shape index (κ2) is 4.46. The fraction of sp³-hybridized carbons (Fsp3) is 0.462. The molecule has 0 bridgehead atoms. The standard InChI is InChI=1S/C13H16ClNO/c1-2-9-15-12(16)13(7-8-13)10-3-5-11(14)6-4-10/h3-6H,2,7-9H2,1H3,(H,15,16). The van der Waals surface area contributed by atoms with Gasteiger partial charge in [-0.15, -0.1) is 0 Å². The van der Waals surface area contributed by atoms with E-state index in [0.29, 0.717) is 5.02 Å². The van der Waals surface area contributed by atoms with Crippen LogP contribution >= 0.6 is 11.6 Å². The predicted molar refractivity (Wildman–Crippen MR) is 65.7 cm³/mol. The fourth-order valence-electron chi connectivity index (χ4n) is 1.95. The van der Waals surface area contributed by atoms with Crippen molar-refractivity contribution in [1.82, 2.24) is 5.32 Å². The van der Waals surface area contributed by atoms with Crippen molar-refractivity contribution in [3.63, 3.8) is 0 Å². The molecule has 1 aromatic rings. The highest BCUT2D eigenvalue weighted by molar-refractivity contribution is 6.30. The van der Waals surface area contributed by atoms with Crippen LogP contribution in [0.3, 0.4) is 0 Å². The molecule has 1 N–H and O–H groups in total. The smallest absolute Gasteiger partial charge is 0.230 e. The first-order valence-corrected chi connectivity index (χ1v) is 6.11. The first-order valence-electron chi connectivity index (χ1n) is 5.73. The Morgan fingerprint density at radius 3 is 2.50 bits per heavy atom. The normalized spacial score (nSPS) is 16.9. The zero-order valence-electron chi connectivity index (χ0n) is 9.42. The largest absolute Gasteiger partial charge is 0.355 e. The quantitative estimate of drug-likeness (QED) is 0.857. The van der Waals surface area contributed by atoms with E-state index in [1.54, 1.807) is 0 Å². The van der Waals surface area contributed by atoms with Gasteiger partial charge in [-0.25, -0.2) is 0 Å². The summed E-state index contributed by atoms with van der Waals surface area (Å²) < 4.78 is 0. The number of carbonyl (C=O) groups is 1. The van der Waals surface area contributed by atoms with E-state index in [9.17, 15) is 4.79 Å². The Balaban J connectivity index is 2.13. The third kappa shape index (κ3) is 2.07. The molecule has 1 fully saturated rings. The number of halogens is 1. The maximum atomic E-state index is 12.0. The van der Waals surface area contributed by atoms with Crippen molar-refractivity contribution in [1.29, 1.82) is 0 Å². The van der Waals surface area contributed by atoms with Crippen LogP contribution in [0.1, 0.15) is 31.7 Å². The first kappa shape index (κ1) is 11.5. The minimum absolute atomic E-state index is 0.164. The Labute approximate surface area is 101 Å². The molecule has 16 heavy (non-hydrogen) atoms. The molecule has 0 unspecified atom stereocenters. The summed E-state index contributed by atoms with van der Waals surface area (Å²) in [5.41, 5.74) is 0.824. The van der Waals surface area contributed by atoms with Gasteiger partial charge in [-0.2, -0.15) is 0 Å². The van der Waals surface area contributed by atoms with Crippen molar-refractivity contribution in [3.8, 4) is 0 Å². The second-order valence-corrected chi connectivity index (χ2v) is 4.78. The van der Waals surface area contributed by atoms with E-state index in [1.165, 1.54) is 0 Å². The van der Waals surface area contributed by atoms with Gasteiger partial charge in [0.15, 0.2) is 0 Å². The van der Waals surface area contributed by atoms with Gasteiger partial charge in [-0.3, -0.25) is 4.79 Å². The van der Waals surface area contributed by atoms with Gasteiger partial charge in [0, 0.05) is 11.6 Å². The van der Waals surface area contributed by atoms with E-state index in [2.05, 4.69) is 12.2 Å². The van der Waals surface area contributed by atoms with Gasteiger partial charge < -0.3 is 5.32 Å². The number of carbonyl (C=O) groups excluding carboxylic acids is 1. The number of benzene rings is 1. The van der Waals surface area contributed by atoms with E-state index in [-0.39, 0.29) is 11.3 Å². The Morgan fingerprint density at radius 1 is 1.38 bits per heavy atom. The van der Waals surface area contributed by atoms with Crippen LogP contribution < -0.4 is 5.32 Å². The summed E-state index contributed by atoms with van der Waals surface area (Å²) in [7, 11) is 0. The van der Waals surface area contributed by atoms with Gasteiger partial charge in [0.05, 0.1) is 5.41 Å². The summed E-state index contributed by atoms with van der Waals surface area (Å²) in [6.45, 7) is 2.82. The van der Waals surface area contributed by atoms with Gasteiger partial charge in [-0.05, 0) is 37.0 Å². The minimum Gasteiger partial charge on any atom is -0.355 e. The van der Waals surface area contributed by atoms with E-state index in [1.807, 2.05) is 24.3 Å². The van der Waals surface area contributed by atoms with Gasteiger partial charge in [0.2, 0.25) is 5.91 Å². The predicted octanol–water partition coefficient (Wildman–Crippen LogP) is 2.90. The Kier molecular flexibility index (Phi) is 3.20. The lowest BCUT2D eigenvalue weighted by Gasteiger charge is -2.15. The molecule has 1 aliphatic rings. The zero-order chi connectivity index (χ0) is 11.6. The SMILES string of the molecule is CCCNC(=O)C1(c2ccc(Cl)cc2)CC1. The third-order valence-electron chi connectivity index (χ3n) is 3.12. The zero-order valence-corrected chi connectivity index (χ0v) is 10.2. The van der Waals surface area contributed by atoms with Crippen molar-refractivity contribution in [3.05, 3.63) is 34.9 Å². The number of hydrogen-bond acceptors (Lipinski definition) is 1. The highest BCUT2D eigenvalue weighted by atomic mass is 35.5. The van der Waals surface area contributed by atoms with Gasteiger partial charge in [0.25, 0.3) is 0 Å². The maximum absolute atomic E-state index is 12.0. The summed E-state index contributed by atoms with van der Waals surface area (Å²) in [6, 6.07) is 7.62. The number of rotatable bonds is 4. The molecule has 2 rings (SSSR count). The Bertz CT molecular complexity index is 381. The van der Waals surface area contributed by atoms with Crippen LogP contribution in [0.5, 0.6) is 0 Å². The molecular weight excluding hydrogens is 222 g/mol. The van der Waals surface area contributed by atoms with Crippen LogP contribution in [0.15, 0.2) is 24.3 Å². The molecule has 3 heteroatoms. The van der Waals surface area contributed by atoms with Gasteiger partial charge in [-0.1, -0.05) is 30.7 Å². The summed E-state index contributed by atoms with van der Waals surface area (Å²) >= 11 is 5.84. The lowest BCUT2D eigenvalue weighted by atomic mass is 9.95. The molecule has 2 nitrogen and oxygen atoms in total. The van der Waals surface area contributed by atoms with Crippen LogP contribution in [0, 0.1) is 0 Å². The van der Waals surface area contributed by atoms with Gasteiger partial charge in [0.1, 0.15) is 0 Å². The molecule has 0 aromatic heterocycles. The van der Waals surface area contributed by atoms with E-state index in [0.717, 1.165) is 31.4 Å². The third-order valence-corrected chi connectivity index (χ3v) is 3.37. The van der Waals surface area contributed by atoms with Crippen molar-refractivity contribution < 1.29 is 4.79 Å². The average molecular weight is 238 g/mol. The molecule has 1 aromatic carbocycles.